The molecule has 25 heavy (non-hydrogen) atoms. The van der Waals surface area contributed by atoms with Crippen LogP contribution in [-0.4, -0.2) is 43.2 Å². The fourth-order valence-electron chi connectivity index (χ4n) is 4.35. The molecule has 1 atom stereocenters. The molecule has 1 aromatic rings. The van der Waals surface area contributed by atoms with E-state index in [-0.39, 0.29) is 0 Å². The highest BCUT2D eigenvalue weighted by Gasteiger charge is 2.27. The number of nitrogens with two attached hydrogens (primary N) is 1. The van der Waals surface area contributed by atoms with Crippen molar-refractivity contribution in [3.8, 4) is 0 Å². The Labute approximate surface area is 162 Å². The predicted molar refractivity (Wildman–Crippen MR) is 109 cm³/mol. The van der Waals surface area contributed by atoms with Gasteiger partial charge in [-0.15, -0.1) is 0 Å². The predicted octanol–water partition coefficient (Wildman–Crippen LogP) is 4.72. The van der Waals surface area contributed by atoms with Crippen LogP contribution < -0.4 is 10.6 Å². The van der Waals surface area contributed by atoms with Gasteiger partial charge in [-0.25, -0.2) is 0 Å². The van der Waals surface area contributed by atoms with Crippen molar-refractivity contribution in [3.63, 3.8) is 0 Å². The number of hydrogen-bond donors (Lipinski definition) is 1. The van der Waals surface area contributed by atoms with Gasteiger partial charge in [0.25, 0.3) is 0 Å². The van der Waals surface area contributed by atoms with Crippen LogP contribution in [0.3, 0.4) is 0 Å². The Balaban J connectivity index is 1.54. The summed E-state index contributed by atoms with van der Waals surface area (Å²) in [5.74, 6) is 0.873. The van der Waals surface area contributed by atoms with Crippen molar-refractivity contribution in [2.75, 3.05) is 31.1 Å². The van der Waals surface area contributed by atoms with Gasteiger partial charge < -0.3 is 10.6 Å². The summed E-state index contributed by atoms with van der Waals surface area (Å²) in [6, 6.07) is 4.99. The first kappa shape index (κ1) is 19.3. The molecule has 0 bridgehead atoms. The van der Waals surface area contributed by atoms with Crippen LogP contribution in [0, 0.1) is 12.8 Å². The van der Waals surface area contributed by atoms with Gasteiger partial charge in [-0.3, -0.25) is 4.90 Å². The number of benzene rings is 1. The van der Waals surface area contributed by atoms with Crippen LogP contribution >= 0.6 is 23.2 Å². The highest BCUT2D eigenvalue weighted by Crippen LogP contribution is 2.36. The Kier molecular flexibility index (Phi) is 6.54. The van der Waals surface area contributed by atoms with Gasteiger partial charge >= 0.3 is 0 Å². The first-order chi connectivity index (χ1) is 11.9. The summed E-state index contributed by atoms with van der Waals surface area (Å²) in [4.78, 5) is 5.03. The van der Waals surface area contributed by atoms with Crippen LogP contribution in [0.4, 0.5) is 5.69 Å². The van der Waals surface area contributed by atoms with Crippen molar-refractivity contribution >= 4 is 28.9 Å². The normalized spacial score (nSPS) is 28.4. The van der Waals surface area contributed by atoms with E-state index in [4.69, 9.17) is 28.9 Å². The average Bonchev–Trinajstić information content (AvgIpc) is 2.58. The number of piperazine rings is 1. The van der Waals surface area contributed by atoms with Gasteiger partial charge in [0.1, 0.15) is 0 Å². The summed E-state index contributed by atoms with van der Waals surface area (Å²) >= 11 is 12.8. The Bertz CT molecular complexity index is 585. The van der Waals surface area contributed by atoms with Crippen molar-refractivity contribution in [1.82, 2.24) is 4.90 Å². The van der Waals surface area contributed by atoms with E-state index in [0.29, 0.717) is 22.1 Å². The van der Waals surface area contributed by atoms with E-state index in [0.717, 1.165) is 36.8 Å². The summed E-state index contributed by atoms with van der Waals surface area (Å²) in [6.07, 6.45) is 6.36. The molecule has 1 aliphatic carbocycles. The maximum Gasteiger partial charge on any atom is 0.0825 e. The molecule has 0 spiro atoms. The summed E-state index contributed by atoms with van der Waals surface area (Å²) in [5, 5.41) is 1.34. The van der Waals surface area contributed by atoms with Crippen molar-refractivity contribution in [2.45, 2.75) is 58.0 Å². The molecular weight excluding hydrogens is 353 g/mol. The minimum atomic E-state index is 0.448. The van der Waals surface area contributed by atoms with Crippen molar-refractivity contribution in [3.05, 3.63) is 27.7 Å². The minimum absolute atomic E-state index is 0.448. The van der Waals surface area contributed by atoms with Crippen molar-refractivity contribution < 1.29 is 0 Å². The molecule has 3 nitrogen and oxygen atoms in total. The number of hydrogen-bond acceptors (Lipinski definition) is 3. The zero-order chi connectivity index (χ0) is 18.0. The third-order valence-electron chi connectivity index (χ3n) is 5.92. The van der Waals surface area contributed by atoms with Gasteiger partial charge in [-0.05, 0) is 76.1 Å². The molecule has 0 unspecified atom stereocenters. The summed E-state index contributed by atoms with van der Waals surface area (Å²) < 4.78 is 0. The molecule has 3 rings (SSSR count). The topological polar surface area (TPSA) is 32.5 Å². The highest BCUT2D eigenvalue weighted by molar-refractivity contribution is 6.43. The van der Waals surface area contributed by atoms with E-state index >= 15 is 0 Å². The van der Waals surface area contributed by atoms with Gasteiger partial charge in [-0.2, -0.15) is 0 Å². The SMILES string of the molecule is Cc1cc(Cl)c(Cl)c(N2CCN(CCC3CCC(N)CC3)C[C@H]2C)c1. The second-order valence-corrected chi connectivity index (χ2v) is 8.78. The number of nitrogens with zero attached hydrogens (tertiary/aromatic N) is 2. The molecule has 0 aromatic heterocycles. The zero-order valence-corrected chi connectivity index (χ0v) is 17.0. The van der Waals surface area contributed by atoms with Gasteiger partial charge in [0.05, 0.1) is 15.7 Å². The lowest BCUT2D eigenvalue weighted by molar-refractivity contribution is 0.198. The van der Waals surface area contributed by atoms with E-state index in [1.807, 2.05) is 6.07 Å². The lowest BCUT2D eigenvalue weighted by atomic mass is 9.84. The maximum atomic E-state index is 6.48. The lowest BCUT2D eigenvalue weighted by Gasteiger charge is -2.42. The molecule has 1 aromatic carbocycles. The third kappa shape index (κ3) is 4.82. The number of rotatable bonds is 4. The monoisotopic (exact) mass is 383 g/mol. The molecule has 1 heterocycles. The lowest BCUT2D eigenvalue weighted by Crippen LogP contribution is -2.52. The summed E-state index contributed by atoms with van der Waals surface area (Å²) in [6.45, 7) is 8.77. The molecule has 140 valence electrons. The smallest absolute Gasteiger partial charge is 0.0825 e. The van der Waals surface area contributed by atoms with Gasteiger partial charge in [0, 0.05) is 31.7 Å². The van der Waals surface area contributed by atoms with E-state index < -0.39 is 0 Å². The maximum absolute atomic E-state index is 6.48. The van der Waals surface area contributed by atoms with Crippen LogP contribution in [-0.2, 0) is 0 Å². The van der Waals surface area contributed by atoms with E-state index in [1.54, 1.807) is 0 Å². The molecule has 1 saturated heterocycles. The first-order valence-corrected chi connectivity index (χ1v) is 10.4. The zero-order valence-electron chi connectivity index (χ0n) is 15.5. The van der Waals surface area contributed by atoms with Crippen LogP contribution in [0.5, 0.6) is 0 Å². The quantitative estimate of drug-likeness (QED) is 0.815. The second kappa shape index (κ2) is 8.47. The van der Waals surface area contributed by atoms with Crippen molar-refractivity contribution in [1.29, 1.82) is 0 Å². The molecule has 0 amide bonds. The molecular formula is C20H31Cl2N3. The van der Waals surface area contributed by atoms with E-state index in [2.05, 4.69) is 29.7 Å². The molecule has 2 fully saturated rings. The number of anilines is 1. The standard InChI is InChI=1S/C20H31Cl2N3/c1-14-11-18(21)20(22)19(12-14)25-10-9-24(13-15(25)2)8-7-16-3-5-17(23)6-4-16/h11-12,15-17H,3-10,13,23H2,1-2H3/t15-,16?,17?/m1/s1. The molecule has 2 aliphatic rings. The third-order valence-corrected chi connectivity index (χ3v) is 6.71. The van der Waals surface area contributed by atoms with Crippen LogP contribution in [0.15, 0.2) is 12.1 Å². The highest BCUT2D eigenvalue weighted by atomic mass is 35.5. The Hall–Kier alpha value is -0.480. The van der Waals surface area contributed by atoms with Gasteiger partial charge in [-0.1, -0.05) is 23.2 Å². The Morgan fingerprint density at radius 3 is 2.52 bits per heavy atom. The fourth-order valence-corrected chi connectivity index (χ4v) is 4.84. The first-order valence-electron chi connectivity index (χ1n) is 9.64. The van der Waals surface area contributed by atoms with Crippen molar-refractivity contribution in [2.24, 2.45) is 11.7 Å². The van der Waals surface area contributed by atoms with Crippen LogP contribution in [0.25, 0.3) is 0 Å². The fraction of sp³-hybridized carbons (Fsp3) is 0.700. The molecule has 5 heteroatoms. The molecule has 0 radical (unpaired) electrons. The summed E-state index contributed by atoms with van der Waals surface area (Å²) in [5.41, 5.74) is 8.27. The Morgan fingerprint density at radius 1 is 1.12 bits per heavy atom. The van der Waals surface area contributed by atoms with E-state index in [1.165, 1.54) is 38.6 Å². The minimum Gasteiger partial charge on any atom is -0.365 e. The molecule has 1 saturated carbocycles. The number of aryl methyl sites for hydroxylation is 1. The van der Waals surface area contributed by atoms with Crippen LogP contribution in [0.2, 0.25) is 10.0 Å². The largest absolute Gasteiger partial charge is 0.365 e. The van der Waals surface area contributed by atoms with Crippen LogP contribution in [0.1, 0.15) is 44.6 Å². The number of halogens is 2. The second-order valence-electron chi connectivity index (χ2n) is 7.99. The molecule has 2 N–H and O–H groups in total. The van der Waals surface area contributed by atoms with Gasteiger partial charge in [0.15, 0.2) is 0 Å². The Morgan fingerprint density at radius 2 is 1.84 bits per heavy atom. The summed E-state index contributed by atoms with van der Waals surface area (Å²) in [7, 11) is 0. The molecule has 1 aliphatic heterocycles. The average molecular weight is 384 g/mol. The van der Waals surface area contributed by atoms with E-state index in [9.17, 15) is 0 Å². The van der Waals surface area contributed by atoms with Gasteiger partial charge in [0.2, 0.25) is 0 Å².